The summed E-state index contributed by atoms with van der Waals surface area (Å²) < 4.78 is 30.8. The number of hydrogen-bond donors (Lipinski definition) is 0. The Labute approximate surface area is 111 Å². The van der Waals surface area contributed by atoms with E-state index in [1.165, 1.54) is 12.3 Å². The van der Waals surface area contributed by atoms with Crippen molar-refractivity contribution in [2.45, 2.75) is 38.9 Å². The van der Waals surface area contributed by atoms with Crippen LogP contribution < -0.4 is 5.46 Å². The zero-order valence-electron chi connectivity index (χ0n) is 11.5. The fourth-order valence-electron chi connectivity index (χ4n) is 2.19. The van der Waals surface area contributed by atoms with E-state index in [9.17, 15) is 4.39 Å². The number of furan rings is 1. The van der Waals surface area contributed by atoms with Crippen LogP contribution in [0.25, 0.3) is 11.0 Å². The van der Waals surface area contributed by atoms with Crippen molar-refractivity contribution in [3.05, 3.63) is 30.3 Å². The van der Waals surface area contributed by atoms with Crippen LogP contribution in [0.3, 0.4) is 0 Å². The van der Waals surface area contributed by atoms with Crippen LogP contribution in [0.5, 0.6) is 0 Å². The minimum atomic E-state index is -0.534. The molecule has 0 amide bonds. The summed E-state index contributed by atoms with van der Waals surface area (Å²) in [5, 5.41) is 0.693. The van der Waals surface area contributed by atoms with Crippen molar-refractivity contribution in [1.82, 2.24) is 0 Å². The fourth-order valence-corrected chi connectivity index (χ4v) is 2.19. The Hall–Kier alpha value is -1.33. The lowest BCUT2D eigenvalue weighted by Gasteiger charge is -2.32. The summed E-state index contributed by atoms with van der Waals surface area (Å²) in [6.07, 6.45) is 1.51. The molecule has 3 rings (SSSR count). The molecule has 1 aliphatic rings. The number of hydrogen-bond acceptors (Lipinski definition) is 3. The van der Waals surface area contributed by atoms with E-state index in [-0.39, 0.29) is 11.4 Å². The molecule has 1 saturated heterocycles. The molecule has 0 bridgehead atoms. The minimum absolute atomic E-state index is 0.243. The normalized spacial score (nSPS) is 21.2. The maximum atomic E-state index is 13.6. The van der Waals surface area contributed by atoms with Gasteiger partial charge in [0.05, 0.1) is 17.5 Å². The van der Waals surface area contributed by atoms with Gasteiger partial charge in [0, 0.05) is 10.8 Å². The van der Waals surface area contributed by atoms with Crippen LogP contribution in [0.15, 0.2) is 28.9 Å². The highest BCUT2D eigenvalue weighted by Crippen LogP contribution is 2.37. The van der Waals surface area contributed by atoms with Crippen LogP contribution in [0.4, 0.5) is 4.39 Å². The monoisotopic (exact) mass is 262 g/mol. The van der Waals surface area contributed by atoms with E-state index in [2.05, 4.69) is 0 Å². The average Bonchev–Trinajstić information content (AvgIpc) is 2.80. The first-order valence-corrected chi connectivity index (χ1v) is 6.33. The molecule has 1 aromatic carbocycles. The molecule has 100 valence electrons. The van der Waals surface area contributed by atoms with Gasteiger partial charge >= 0.3 is 7.12 Å². The van der Waals surface area contributed by atoms with Crippen LogP contribution in [0.1, 0.15) is 27.7 Å². The topological polar surface area (TPSA) is 31.6 Å². The van der Waals surface area contributed by atoms with Gasteiger partial charge in [0.25, 0.3) is 0 Å². The van der Waals surface area contributed by atoms with Gasteiger partial charge in [-0.25, -0.2) is 4.39 Å². The Morgan fingerprint density at radius 3 is 2.32 bits per heavy atom. The van der Waals surface area contributed by atoms with E-state index in [0.29, 0.717) is 5.39 Å². The molecule has 19 heavy (non-hydrogen) atoms. The Morgan fingerprint density at radius 1 is 1.05 bits per heavy atom. The first kappa shape index (κ1) is 12.7. The quantitative estimate of drug-likeness (QED) is 0.740. The summed E-state index contributed by atoms with van der Waals surface area (Å²) in [5.41, 5.74) is 0.128. The molecular formula is C14H16BFO3. The Morgan fingerprint density at radius 2 is 1.68 bits per heavy atom. The molecule has 0 N–H and O–H groups in total. The largest absolute Gasteiger partial charge is 0.498 e. The van der Waals surface area contributed by atoms with Crippen LogP contribution in [0.2, 0.25) is 0 Å². The summed E-state index contributed by atoms with van der Waals surface area (Å²) in [7, 11) is -0.534. The van der Waals surface area contributed by atoms with Gasteiger partial charge in [0.15, 0.2) is 11.4 Å². The number of fused-ring (bicyclic) bond motifs is 1. The van der Waals surface area contributed by atoms with E-state index < -0.39 is 18.3 Å². The molecule has 0 spiro atoms. The van der Waals surface area contributed by atoms with Gasteiger partial charge in [-0.2, -0.15) is 0 Å². The number of halogens is 1. The molecule has 1 aromatic heterocycles. The van der Waals surface area contributed by atoms with Gasteiger partial charge < -0.3 is 13.7 Å². The van der Waals surface area contributed by atoms with E-state index in [0.717, 1.165) is 5.46 Å². The summed E-state index contributed by atoms with van der Waals surface area (Å²) >= 11 is 0. The third-order valence-corrected chi connectivity index (χ3v) is 4.09. The van der Waals surface area contributed by atoms with Gasteiger partial charge in [0.1, 0.15) is 0 Å². The zero-order valence-corrected chi connectivity index (χ0v) is 11.5. The summed E-state index contributed by atoms with van der Waals surface area (Å²) in [5.74, 6) is -0.375. The number of benzene rings is 1. The average molecular weight is 262 g/mol. The van der Waals surface area contributed by atoms with Gasteiger partial charge in [-0.3, -0.25) is 0 Å². The molecule has 2 heterocycles. The SMILES string of the molecule is CC1(C)OB(c2coc3c(F)cccc23)OC1(C)C. The highest BCUT2D eigenvalue weighted by molar-refractivity contribution is 6.65. The molecule has 0 atom stereocenters. The van der Waals surface area contributed by atoms with E-state index in [1.54, 1.807) is 6.07 Å². The van der Waals surface area contributed by atoms with Gasteiger partial charge in [-0.15, -0.1) is 0 Å². The molecule has 0 radical (unpaired) electrons. The Bertz CT molecular complexity index is 617. The highest BCUT2D eigenvalue weighted by atomic mass is 19.1. The van der Waals surface area contributed by atoms with Gasteiger partial charge in [-0.1, -0.05) is 12.1 Å². The van der Waals surface area contributed by atoms with Crippen molar-refractivity contribution in [2.24, 2.45) is 0 Å². The standard InChI is InChI=1S/C14H16BFO3/c1-13(2)14(3,4)19-15(18-13)10-8-17-12-9(10)6-5-7-11(12)16/h5-8H,1-4H3. The maximum absolute atomic E-state index is 13.6. The molecule has 0 unspecified atom stereocenters. The van der Waals surface area contributed by atoms with Crippen molar-refractivity contribution in [3.8, 4) is 0 Å². The predicted molar refractivity (Wildman–Crippen MR) is 71.9 cm³/mol. The van der Waals surface area contributed by atoms with Crippen molar-refractivity contribution in [3.63, 3.8) is 0 Å². The lowest BCUT2D eigenvalue weighted by molar-refractivity contribution is 0.00578. The summed E-state index contributed by atoms with van der Waals surface area (Å²) in [6, 6.07) is 4.84. The van der Waals surface area contributed by atoms with E-state index in [4.69, 9.17) is 13.7 Å². The molecule has 1 fully saturated rings. The third kappa shape index (κ3) is 1.80. The van der Waals surface area contributed by atoms with Crippen LogP contribution >= 0.6 is 0 Å². The van der Waals surface area contributed by atoms with Crippen molar-refractivity contribution in [2.75, 3.05) is 0 Å². The lowest BCUT2D eigenvalue weighted by Crippen LogP contribution is -2.41. The summed E-state index contributed by atoms with van der Waals surface area (Å²) in [4.78, 5) is 0. The van der Waals surface area contributed by atoms with E-state index >= 15 is 0 Å². The first-order valence-electron chi connectivity index (χ1n) is 6.33. The van der Waals surface area contributed by atoms with Gasteiger partial charge in [-0.05, 0) is 33.8 Å². The molecule has 2 aromatic rings. The zero-order chi connectivity index (χ0) is 13.8. The third-order valence-electron chi connectivity index (χ3n) is 4.09. The van der Waals surface area contributed by atoms with Crippen molar-refractivity contribution >= 4 is 23.6 Å². The van der Waals surface area contributed by atoms with Crippen molar-refractivity contribution in [1.29, 1.82) is 0 Å². The molecule has 0 aliphatic carbocycles. The molecule has 1 aliphatic heterocycles. The van der Waals surface area contributed by atoms with E-state index in [1.807, 2.05) is 33.8 Å². The predicted octanol–water partition coefficient (Wildman–Crippen LogP) is 2.87. The second-order valence-electron chi connectivity index (χ2n) is 5.90. The Balaban J connectivity index is 2.06. The van der Waals surface area contributed by atoms with Gasteiger partial charge in [0.2, 0.25) is 0 Å². The maximum Gasteiger partial charge on any atom is 0.498 e. The minimum Gasteiger partial charge on any atom is -0.462 e. The first-order chi connectivity index (χ1) is 8.82. The summed E-state index contributed by atoms with van der Waals surface area (Å²) in [6.45, 7) is 7.93. The number of para-hydroxylation sites is 1. The smallest absolute Gasteiger partial charge is 0.462 e. The molecule has 0 saturated carbocycles. The van der Waals surface area contributed by atoms with Crippen LogP contribution in [-0.4, -0.2) is 18.3 Å². The second-order valence-corrected chi connectivity index (χ2v) is 5.90. The lowest BCUT2D eigenvalue weighted by atomic mass is 9.79. The molecule has 5 heteroatoms. The fraction of sp³-hybridized carbons (Fsp3) is 0.429. The number of rotatable bonds is 1. The Kier molecular flexibility index (Phi) is 2.56. The second kappa shape index (κ2) is 3.84. The van der Waals surface area contributed by atoms with Crippen molar-refractivity contribution < 1.29 is 18.1 Å². The highest BCUT2D eigenvalue weighted by Gasteiger charge is 2.52. The van der Waals surface area contributed by atoms with Crippen LogP contribution in [0, 0.1) is 5.82 Å². The van der Waals surface area contributed by atoms with Crippen LogP contribution in [-0.2, 0) is 9.31 Å². The molecule has 3 nitrogen and oxygen atoms in total. The molecular weight excluding hydrogens is 246 g/mol.